The molecular formula is C21H23N3O3. The molecule has 27 heavy (non-hydrogen) atoms. The zero-order valence-electron chi connectivity index (χ0n) is 15.3. The number of ether oxygens (including phenoxy) is 2. The van der Waals surface area contributed by atoms with Crippen LogP contribution in [0.2, 0.25) is 0 Å². The van der Waals surface area contributed by atoms with Gasteiger partial charge >= 0.3 is 0 Å². The summed E-state index contributed by atoms with van der Waals surface area (Å²) in [6, 6.07) is 17.2. The van der Waals surface area contributed by atoms with E-state index in [1.54, 1.807) is 12.3 Å². The lowest BCUT2D eigenvalue weighted by molar-refractivity contribution is -0.123. The third kappa shape index (κ3) is 5.34. The Bertz CT molecular complexity index is 863. The number of hydrogen-bond acceptors (Lipinski definition) is 4. The van der Waals surface area contributed by atoms with Crippen LogP contribution in [-0.2, 0) is 17.9 Å². The lowest BCUT2D eigenvalue weighted by Gasteiger charge is -2.13. The van der Waals surface area contributed by atoms with Gasteiger partial charge in [0.25, 0.3) is 5.91 Å². The number of nitrogens with zero attached hydrogens (tertiary/aromatic N) is 2. The topological polar surface area (TPSA) is 65.4 Å². The highest BCUT2D eigenvalue weighted by Gasteiger charge is 2.09. The molecule has 0 unspecified atom stereocenters. The first-order chi connectivity index (χ1) is 13.3. The Kier molecular flexibility index (Phi) is 6.46. The van der Waals surface area contributed by atoms with E-state index in [-0.39, 0.29) is 12.5 Å². The largest absolute Gasteiger partial charge is 0.490 e. The molecule has 0 saturated heterocycles. The summed E-state index contributed by atoms with van der Waals surface area (Å²) in [4.78, 5) is 12.2. The van der Waals surface area contributed by atoms with Gasteiger partial charge in [0.05, 0.1) is 13.2 Å². The first-order valence-corrected chi connectivity index (χ1v) is 8.92. The lowest BCUT2D eigenvalue weighted by atomic mass is 10.1. The summed E-state index contributed by atoms with van der Waals surface area (Å²) < 4.78 is 13.0. The third-order valence-corrected chi connectivity index (χ3v) is 3.99. The van der Waals surface area contributed by atoms with Gasteiger partial charge in [-0.05, 0) is 36.2 Å². The molecule has 0 atom stereocenters. The van der Waals surface area contributed by atoms with Gasteiger partial charge in [0, 0.05) is 18.9 Å². The van der Waals surface area contributed by atoms with E-state index in [0.29, 0.717) is 31.2 Å². The van der Waals surface area contributed by atoms with Gasteiger partial charge in [-0.1, -0.05) is 36.4 Å². The lowest BCUT2D eigenvalue weighted by Crippen LogP contribution is -2.29. The third-order valence-electron chi connectivity index (χ3n) is 3.99. The van der Waals surface area contributed by atoms with E-state index < -0.39 is 0 Å². The molecule has 0 aliphatic carbocycles. The van der Waals surface area contributed by atoms with Crippen molar-refractivity contribution in [2.24, 2.45) is 0 Å². The summed E-state index contributed by atoms with van der Waals surface area (Å²) in [5, 5.41) is 7.14. The summed E-state index contributed by atoms with van der Waals surface area (Å²) in [5.41, 5.74) is 2.17. The zero-order valence-corrected chi connectivity index (χ0v) is 15.3. The van der Waals surface area contributed by atoms with Crippen LogP contribution < -0.4 is 14.8 Å². The molecule has 1 N–H and O–H groups in total. The molecule has 1 heterocycles. The Hall–Kier alpha value is -3.28. The van der Waals surface area contributed by atoms with Crippen LogP contribution in [0, 0.1) is 0 Å². The van der Waals surface area contributed by atoms with Crippen molar-refractivity contribution >= 4 is 5.91 Å². The van der Waals surface area contributed by atoms with Crippen LogP contribution in [-0.4, -0.2) is 28.9 Å². The molecular weight excluding hydrogens is 342 g/mol. The molecule has 0 radical (unpaired) electrons. The van der Waals surface area contributed by atoms with Gasteiger partial charge < -0.3 is 14.8 Å². The van der Waals surface area contributed by atoms with Gasteiger partial charge in [-0.3, -0.25) is 9.48 Å². The van der Waals surface area contributed by atoms with Crippen LogP contribution in [0.25, 0.3) is 0 Å². The van der Waals surface area contributed by atoms with Gasteiger partial charge in [-0.25, -0.2) is 0 Å². The van der Waals surface area contributed by atoms with Crippen LogP contribution in [0.3, 0.4) is 0 Å². The van der Waals surface area contributed by atoms with Crippen molar-refractivity contribution in [2.45, 2.75) is 20.0 Å². The van der Waals surface area contributed by atoms with Crippen molar-refractivity contribution in [3.63, 3.8) is 0 Å². The Morgan fingerprint density at radius 2 is 1.70 bits per heavy atom. The minimum atomic E-state index is -0.185. The van der Waals surface area contributed by atoms with E-state index in [1.165, 1.54) is 0 Å². The molecule has 0 aliphatic rings. The van der Waals surface area contributed by atoms with Crippen LogP contribution in [0.15, 0.2) is 67.0 Å². The summed E-state index contributed by atoms with van der Waals surface area (Å²) in [6.07, 6.45) is 3.67. The van der Waals surface area contributed by atoms with E-state index in [2.05, 4.69) is 10.4 Å². The van der Waals surface area contributed by atoms with Gasteiger partial charge in [0.15, 0.2) is 18.1 Å². The number of carbonyl (C=O) groups excluding carboxylic acids is 1. The van der Waals surface area contributed by atoms with Crippen molar-refractivity contribution in [3.05, 3.63) is 78.1 Å². The predicted octanol–water partition coefficient (Wildman–Crippen LogP) is 3.03. The molecule has 0 spiro atoms. The van der Waals surface area contributed by atoms with Crippen LogP contribution in [0.4, 0.5) is 0 Å². The van der Waals surface area contributed by atoms with E-state index in [1.807, 2.05) is 66.3 Å². The zero-order chi connectivity index (χ0) is 18.9. The molecule has 6 heteroatoms. The number of carbonyl (C=O) groups is 1. The number of aromatic nitrogens is 2. The molecule has 0 saturated carbocycles. The Labute approximate surface area is 158 Å². The molecule has 2 aromatic carbocycles. The molecule has 3 aromatic rings. The van der Waals surface area contributed by atoms with Gasteiger partial charge in [0.1, 0.15) is 0 Å². The fourth-order valence-corrected chi connectivity index (χ4v) is 2.69. The first kappa shape index (κ1) is 18.5. The molecule has 140 valence electrons. The normalized spacial score (nSPS) is 10.4. The maximum atomic E-state index is 12.2. The molecule has 0 bridgehead atoms. The van der Waals surface area contributed by atoms with Crippen molar-refractivity contribution in [3.8, 4) is 11.5 Å². The maximum absolute atomic E-state index is 12.2. The van der Waals surface area contributed by atoms with Gasteiger partial charge in [-0.15, -0.1) is 0 Å². The van der Waals surface area contributed by atoms with E-state index >= 15 is 0 Å². The Balaban J connectivity index is 1.54. The second-order valence-electron chi connectivity index (χ2n) is 5.92. The average Bonchev–Trinajstić information content (AvgIpc) is 3.20. The number of nitrogens with one attached hydrogen (secondary N) is 1. The quantitative estimate of drug-likeness (QED) is 0.633. The van der Waals surface area contributed by atoms with Gasteiger partial charge in [-0.2, -0.15) is 5.10 Å². The number of benzene rings is 2. The van der Waals surface area contributed by atoms with Crippen molar-refractivity contribution < 1.29 is 14.3 Å². The smallest absolute Gasteiger partial charge is 0.258 e. The van der Waals surface area contributed by atoms with Crippen LogP contribution >= 0.6 is 0 Å². The SMILES string of the molecule is CCOc1ccccc1OCC(=O)NCc1ccccc1Cn1cccn1. The monoisotopic (exact) mass is 365 g/mol. The van der Waals surface area contributed by atoms with Crippen molar-refractivity contribution in [1.29, 1.82) is 0 Å². The second-order valence-corrected chi connectivity index (χ2v) is 5.92. The van der Waals surface area contributed by atoms with Crippen LogP contribution in [0.5, 0.6) is 11.5 Å². The molecule has 1 aromatic heterocycles. The van der Waals surface area contributed by atoms with Crippen LogP contribution in [0.1, 0.15) is 18.1 Å². The Morgan fingerprint density at radius 1 is 1.00 bits per heavy atom. The van der Waals surface area contributed by atoms with E-state index in [9.17, 15) is 4.79 Å². The highest BCUT2D eigenvalue weighted by Crippen LogP contribution is 2.26. The van der Waals surface area contributed by atoms with E-state index in [4.69, 9.17) is 9.47 Å². The number of amides is 1. The number of para-hydroxylation sites is 2. The highest BCUT2D eigenvalue weighted by molar-refractivity contribution is 5.77. The van der Waals surface area contributed by atoms with Crippen molar-refractivity contribution in [2.75, 3.05) is 13.2 Å². The number of hydrogen-bond donors (Lipinski definition) is 1. The summed E-state index contributed by atoms with van der Waals surface area (Å²) in [5.74, 6) is 1.01. The predicted molar refractivity (Wildman–Crippen MR) is 103 cm³/mol. The van der Waals surface area contributed by atoms with Crippen molar-refractivity contribution in [1.82, 2.24) is 15.1 Å². The summed E-state index contributed by atoms with van der Waals surface area (Å²) in [7, 11) is 0. The fraction of sp³-hybridized carbons (Fsp3) is 0.238. The maximum Gasteiger partial charge on any atom is 0.258 e. The highest BCUT2D eigenvalue weighted by atomic mass is 16.5. The molecule has 0 aliphatic heterocycles. The second kappa shape index (κ2) is 9.43. The minimum absolute atomic E-state index is 0.0641. The standard InChI is InChI=1S/C21H23N3O3/c1-2-26-19-10-5-6-11-20(19)27-16-21(25)22-14-17-8-3-4-9-18(17)15-24-13-7-12-23-24/h3-13H,2,14-16H2,1H3,(H,22,25). The molecule has 3 rings (SSSR count). The average molecular weight is 365 g/mol. The first-order valence-electron chi connectivity index (χ1n) is 8.92. The van der Waals surface area contributed by atoms with Gasteiger partial charge in [0.2, 0.25) is 0 Å². The summed E-state index contributed by atoms with van der Waals surface area (Å²) in [6.45, 7) is 3.49. The molecule has 0 fully saturated rings. The fourth-order valence-electron chi connectivity index (χ4n) is 2.69. The van der Waals surface area contributed by atoms with E-state index in [0.717, 1.165) is 11.1 Å². The summed E-state index contributed by atoms with van der Waals surface area (Å²) >= 11 is 0. The molecule has 6 nitrogen and oxygen atoms in total. The minimum Gasteiger partial charge on any atom is -0.490 e. The Morgan fingerprint density at radius 3 is 2.41 bits per heavy atom. The number of rotatable bonds is 9. The molecule has 1 amide bonds.